The first-order valence-electron chi connectivity index (χ1n) is 8.83. The van der Waals surface area contributed by atoms with Crippen LogP contribution >= 0.6 is 0 Å². The van der Waals surface area contributed by atoms with E-state index in [1.54, 1.807) is 16.9 Å². The zero-order valence-electron chi connectivity index (χ0n) is 14.9. The number of aromatic nitrogens is 2. The molecule has 0 radical (unpaired) electrons. The number of carbonyl (C=O) groups is 2. The van der Waals surface area contributed by atoms with Crippen molar-refractivity contribution in [1.82, 2.24) is 14.7 Å². The zero-order valence-corrected chi connectivity index (χ0v) is 14.9. The number of nitrogens with zero attached hydrogens (tertiary/aromatic N) is 3. The van der Waals surface area contributed by atoms with Gasteiger partial charge in [0, 0.05) is 12.6 Å². The number of amides is 1. The highest BCUT2D eigenvalue weighted by atomic mass is 16.4. The van der Waals surface area contributed by atoms with Crippen LogP contribution in [0.1, 0.15) is 24.0 Å². The standard InChI is InChI=1S/C19H24N4O3/c1-14-4-2-5-15(10-14)11-23-17(7-8-20-23)21-18(24)13-22-9-3-6-16(12-22)19(25)26/h2,4-5,7-8,10,16H,3,6,9,11-13H2,1H3,(H,21,24)(H,25,26). The lowest BCUT2D eigenvalue weighted by Gasteiger charge is -2.29. The molecule has 0 bridgehead atoms. The summed E-state index contributed by atoms with van der Waals surface area (Å²) in [5, 5.41) is 16.3. The normalized spacial score (nSPS) is 17.8. The molecule has 1 aliphatic heterocycles. The summed E-state index contributed by atoms with van der Waals surface area (Å²) in [4.78, 5) is 25.4. The molecule has 2 N–H and O–H groups in total. The van der Waals surface area contributed by atoms with Gasteiger partial charge in [0.25, 0.3) is 0 Å². The van der Waals surface area contributed by atoms with Crippen LogP contribution in [-0.4, -0.2) is 51.3 Å². The van der Waals surface area contributed by atoms with Crippen LogP contribution in [0.2, 0.25) is 0 Å². The van der Waals surface area contributed by atoms with Crippen LogP contribution in [0.3, 0.4) is 0 Å². The minimum Gasteiger partial charge on any atom is -0.481 e. The van der Waals surface area contributed by atoms with Gasteiger partial charge in [-0.1, -0.05) is 29.8 Å². The van der Waals surface area contributed by atoms with Gasteiger partial charge in [-0.2, -0.15) is 5.10 Å². The van der Waals surface area contributed by atoms with Crippen molar-refractivity contribution in [2.45, 2.75) is 26.3 Å². The zero-order chi connectivity index (χ0) is 18.5. The van der Waals surface area contributed by atoms with Gasteiger partial charge in [0.1, 0.15) is 5.82 Å². The molecule has 7 heteroatoms. The van der Waals surface area contributed by atoms with Crippen molar-refractivity contribution in [1.29, 1.82) is 0 Å². The fraction of sp³-hybridized carbons (Fsp3) is 0.421. The Kier molecular flexibility index (Phi) is 5.68. The smallest absolute Gasteiger partial charge is 0.307 e. The molecular weight excluding hydrogens is 332 g/mol. The Morgan fingerprint density at radius 2 is 2.19 bits per heavy atom. The molecule has 1 amide bonds. The monoisotopic (exact) mass is 356 g/mol. The van der Waals surface area contributed by atoms with Gasteiger partial charge in [0.05, 0.1) is 25.2 Å². The van der Waals surface area contributed by atoms with Gasteiger partial charge in [0.15, 0.2) is 0 Å². The van der Waals surface area contributed by atoms with E-state index in [1.807, 2.05) is 30.0 Å². The van der Waals surface area contributed by atoms with Crippen LogP contribution in [0.15, 0.2) is 36.5 Å². The van der Waals surface area contributed by atoms with Crippen molar-refractivity contribution >= 4 is 17.7 Å². The van der Waals surface area contributed by atoms with Crippen molar-refractivity contribution in [3.8, 4) is 0 Å². The van der Waals surface area contributed by atoms with E-state index in [4.69, 9.17) is 5.11 Å². The van der Waals surface area contributed by atoms with Gasteiger partial charge < -0.3 is 10.4 Å². The second-order valence-corrected chi connectivity index (χ2v) is 6.82. The Balaban J connectivity index is 1.58. The lowest BCUT2D eigenvalue weighted by atomic mass is 9.98. The van der Waals surface area contributed by atoms with E-state index in [2.05, 4.69) is 16.5 Å². The second-order valence-electron chi connectivity index (χ2n) is 6.82. The number of nitrogens with one attached hydrogen (secondary N) is 1. The first-order valence-corrected chi connectivity index (χ1v) is 8.83. The van der Waals surface area contributed by atoms with Crippen LogP contribution in [0, 0.1) is 12.8 Å². The van der Waals surface area contributed by atoms with Crippen molar-refractivity contribution in [2.24, 2.45) is 5.92 Å². The number of piperidine rings is 1. The molecule has 0 aliphatic carbocycles. The summed E-state index contributed by atoms with van der Waals surface area (Å²) in [7, 11) is 0. The minimum atomic E-state index is -0.786. The highest BCUT2D eigenvalue weighted by Crippen LogP contribution is 2.17. The summed E-state index contributed by atoms with van der Waals surface area (Å²) in [6.45, 7) is 3.98. The highest BCUT2D eigenvalue weighted by Gasteiger charge is 2.26. The van der Waals surface area contributed by atoms with E-state index in [-0.39, 0.29) is 18.4 Å². The number of carboxylic acid groups (broad SMARTS) is 1. The SMILES string of the molecule is Cc1cccc(Cn2nccc2NC(=O)CN2CCCC(C(=O)O)C2)c1. The quantitative estimate of drug-likeness (QED) is 0.826. The molecule has 1 aliphatic rings. The van der Waals surface area contributed by atoms with Gasteiger partial charge >= 0.3 is 5.97 Å². The van der Waals surface area contributed by atoms with E-state index in [0.717, 1.165) is 18.5 Å². The van der Waals surface area contributed by atoms with Crippen molar-refractivity contribution < 1.29 is 14.7 Å². The number of aliphatic carboxylic acids is 1. The molecule has 0 spiro atoms. The highest BCUT2D eigenvalue weighted by molar-refractivity contribution is 5.91. The van der Waals surface area contributed by atoms with Gasteiger partial charge in [0.2, 0.25) is 5.91 Å². The van der Waals surface area contributed by atoms with Gasteiger partial charge in [-0.25, -0.2) is 4.68 Å². The largest absolute Gasteiger partial charge is 0.481 e. The third kappa shape index (κ3) is 4.70. The first-order chi connectivity index (χ1) is 12.5. The molecule has 26 heavy (non-hydrogen) atoms. The number of carbonyl (C=O) groups excluding carboxylic acids is 1. The maximum absolute atomic E-state index is 12.4. The fourth-order valence-electron chi connectivity index (χ4n) is 3.33. The number of hydrogen-bond donors (Lipinski definition) is 2. The van der Waals surface area contributed by atoms with Crippen molar-refractivity contribution in [3.63, 3.8) is 0 Å². The average Bonchev–Trinajstić information content (AvgIpc) is 3.01. The molecule has 1 unspecified atom stereocenters. The molecule has 1 fully saturated rings. The maximum Gasteiger partial charge on any atom is 0.307 e. The Labute approximate surface area is 152 Å². The molecule has 138 valence electrons. The number of hydrogen-bond acceptors (Lipinski definition) is 4. The topological polar surface area (TPSA) is 87.5 Å². The molecular formula is C19H24N4O3. The van der Waals surface area contributed by atoms with Gasteiger partial charge in [-0.05, 0) is 31.9 Å². The van der Waals surface area contributed by atoms with Crippen LogP contribution < -0.4 is 5.32 Å². The Morgan fingerprint density at radius 1 is 1.35 bits per heavy atom. The summed E-state index contributed by atoms with van der Waals surface area (Å²) in [5.41, 5.74) is 2.29. The Hall–Kier alpha value is -2.67. The Morgan fingerprint density at radius 3 is 2.96 bits per heavy atom. The molecule has 1 saturated heterocycles. The molecule has 2 heterocycles. The first kappa shape index (κ1) is 18.1. The number of likely N-dealkylation sites (tertiary alicyclic amines) is 1. The van der Waals surface area contributed by atoms with Gasteiger partial charge in [-0.3, -0.25) is 14.5 Å². The second kappa shape index (κ2) is 8.14. The van der Waals surface area contributed by atoms with Crippen LogP contribution in [0.5, 0.6) is 0 Å². The molecule has 1 atom stereocenters. The number of aryl methyl sites for hydroxylation is 1. The summed E-state index contributed by atoms with van der Waals surface area (Å²) in [6.07, 6.45) is 3.14. The third-order valence-corrected chi connectivity index (χ3v) is 4.62. The lowest BCUT2D eigenvalue weighted by Crippen LogP contribution is -2.42. The predicted molar refractivity (Wildman–Crippen MR) is 97.9 cm³/mol. The summed E-state index contributed by atoms with van der Waals surface area (Å²) in [5.74, 6) is -0.680. The van der Waals surface area contributed by atoms with Gasteiger partial charge in [-0.15, -0.1) is 0 Å². The molecule has 2 aromatic rings. The summed E-state index contributed by atoms with van der Waals surface area (Å²) >= 11 is 0. The van der Waals surface area contributed by atoms with Crippen molar-refractivity contribution in [2.75, 3.05) is 25.0 Å². The van der Waals surface area contributed by atoms with E-state index in [0.29, 0.717) is 25.3 Å². The fourth-order valence-corrected chi connectivity index (χ4v) is 3.33. The Bertz CT molecular complexity index is 787. The third-order valence-electron chi connectivity index (χ3n) is 4.62. The molecule has 0 saturated carbocycles. The van der Waals surface area contributed by atoms with Crippen LogP contribution in [0.4, 0.5) is 5.82 Å². The molecule has 1 aromatic heterocycles. The number of carboxylic acids is 1. The van der Waals surface area contributed by atoms with E-state index in [1.165, 1.54) is 5.56 Å². The average molecular weight is 356 g/mol. The number of anilines is 1. The van der Waals surface area contributed by atoms with E-state index < -0.39 is 5.97 Å². The molecule has 7 nitrogen and oxygen atoms in total. The molecule has 1 aromatic carbocycles. The maximum atomic E-state index is 12.4. The summed E-state index contributed by atoms with van der Waals surface area (Å²) < 4.78 is 1.75. The molecule has 3 rings (SSSR count). The van der Waals surface area contributed by atoms with E-state index >= 15 is 0 Å². The summed E-state index contributed by atoms with van der Waals surface area (Å²) in [6, 6.07) is 9.93. The van der Waals surface area contributed by atoms with E-state index in [9.17, 15) is 9.59 Å². The minimum absolute atomic E-state index is 0.151. The number of rotatable bonds is 6. The van der Waals surface area contributed by atoms with Crippen LogP contribution in [-0.2, 0) is 16.1 Å². The van der Waals surface area contributed by atoms with Crippen molar-refractivity contribution in [3.05, 3.63) is 47.7 Å². The predicted octanol–water partition coefficient (Wildman–Crippen LogP) is 1.97. The lowest BCUT2D eigenvalue weighted by molar-refractivity contribution is -0.144. The number of benzene rings is 1. The van der Waals surface area contributed by atoms with Crippen LogP contribution in [0.25, 0.3) is 0 Å².